The van der Waals surface area contributed by atoms with Gasteiger partial charge in [-0.3, -0.25) is 0 Å². The molecule has 4 nitrogen and oxygen atoms in total. The average Bonchev–Trinajstić information content (AvgIpc) is 0.722. The van der Waals surface area contributed by atoms with E-state index in [1.807, 2.05) is 0 Å². The minimum atomic E-state index is -5.39. The molecule has 0 amide bonds. The molecule has 0 heterocycles. The van der Waals surface area contributed by atoms with Gasteiger partial charge in [-0.2, -0.15) is 7.82 Å². The van der Waals surface area contributed by atoms with E-state index in [4.69, 9.17) is 19.2 Å². The van der Waals surface area contributed by atoms with Crippen molar-refractivity contribution in [2.24, 2.45) is 0 Å². The molecule has 0 aliphatic carbocycles. The van der Waals surface area contributed by atoms with Crippen molar-refractivity contribution in [1.82, 2.24) is 0 Å². The maximum Gasteiger partial charge on any atom is 3.00 e. The molecule has 0 aliphatic heterocycles. The van der Waals surface area contributed by atoms with Crippen molar-refractivity contribution in [2.75, 3.05) is 0 Å². The molecule has 0 aromatic heterocycles. The Bertz CT molecular complexity index is 57.8. The van der Waals surface area contributed by atoms with Crippen molar-refractivity contribution in [1.29, 1.82) is 0 Å². The molecule has 0 saturated heterocycles. The second-order valence-corrected chi connectivity index (χ2v) is 1.34. The van der Waals surface area contributed by atoms with Crippen LogP contribution in [-0.2, 0) is 21.6 Å². The van der Waals surface area contributed by atoms with E-state index >= 15 is 0 Å². The van der Waals surface area contributed by atoms with Gasteiger partial charge in [0.2, 0.25) is 0 Å². The molecule has 0 saturated carbocycles. The largest absolute Gasteiger partial charge is 3.00 e. The van der Waals surface area contributed by atoms with Crippen LogP contribution in [0.15, 0.2) is 0 Å². The molecule has 0 fully saturated rings. The van der Waals surface area contributed by atoms with Crippen LogP contribution in [-0.4, -0.2) is 18.9 Å². The Morgan fingerprint density at radius 2 is 1.14 bits per heavy atom. The molecule has 0 rings (SSSR count). The molecular formula is FeLiO4P. The Kier molecular flexibility index (Phi) is 12.1. The SMILES string of the molecule is O=P([O-])([O-])[O-].[Fe+3].[Li]. The number of rotatable bonds is 0. The van der Waals surface area contributed by atoms with Crippen LogP contribution in [0.2, 0.25) is 0 Å². The van der Waals surface area contributed by atoms with Crippen molar-refractivity contribution in [3.05, 3.63) is 0 Å². The molecule has 7 heteroatoms. The smallest absolute Gasteiger partial charge is 0.822 e. The number of hydrogen-bond donors (Lipinski definition) is 0. The molecule has 0 unspecified atom stereocenters. The number of phosphoric acid groups is 1. The Labute approximate surface area is 63.2 Å². The summed E-state index contributed by atoms with van der Waals surface area (Å²) in [6.45, 7) is 0. The third-order valence-corrected chi connectivity index (χ3v) is 0. The molecule has 0 N–H and O–H groups in total. The predicted molar refractivity (Wildman–Crippen MR) is 13.4 cm³/mol. The van der Waals surface area contributed by atoms with Crippen LogP contribution >= 0.6 is 7.82 Å². The topological polar surface area (TPSA) is 86.2 Å². The fraction of sp³-hybridized carbons (Fsp3) is 0. The van der Waals surface area contributed by atoms with Gasteiger partial charge in [-0.25, -0.2) is 0 Å². The fourth-order valence-electron chi connectivity index (χ4n) is 0. The molecule has 7 heavy (non-hydrogen) atoms. The first-order valence-electron chi connectivity index (χ1n) is 0.730. The summed E-state index contributed by atoms with van der Waals surface area (Å²) in [6.07, 6.45) is 0. The van der Waals surface area contributed by atoms with Crippen LogP contribution < -0.4 is 14.7 Å². The first-order valence-corrected chi connectivity index (χ1v) is 2.19. The summed E-state index contributed by atoms with van der Waals surface area (Å²) < 4.78 is 8.55. The summed E-state index contributed by atoms with van der Waals surface area (Å²) in [5.74, 6) is 0. The van der Waals surface area contributed by atoms with E-state index in [-0.39, 0.29) is 35.9 Å². The van der Waals surface area contributed by atoms with Gasteiger partial charge in [0.15, 0.2) is 0 Å². The quantitative estimate of drug-likeness (QED) is 0.274. The van der Waals surface area contributed by atoms with Crippen LogP contribution in [0.5, 0.6) is 0 Å². The third-order valence-electron chi connectivity index (χ3n) is 0. The van der Waals surface area contributed by atoms with Crippen LogP contribution in [0.4, 0.5) is 0 Å². The Balaban J connectivity index is -0.0000000800. The molecule has 0 aromatic carbocycles. The van der Waals surface area contributed by atoms with Crippen LogP contribution in [0, 0.1) is 0 Å². The van der Waals surface area contributed by atoms with Gasteiger partial charge in [-0.1, -0.05) is 0 Å². The van der Waals surface area contributed by atoms with Crippen LogP contribution in [0.25, 0.3) is 0 Å². The summed E-state index contributed by atoms with van der Waals surface area (Å²) in [5.41, 5.74) is 0. The maximum absolute atomic E-state index is 8.55. The minimum absolute atomic E-state index is 0. The average molecular weight is 158 g/mol. The predicted octanol–water partition coefficient (Wildman–Crippen LogP) is -3.21. The summed E-state index contributed by atoms with van der Waals surface area (Å²) >= 11 is 0. The van der Waals surface area contributed by atoms with Crippen molar-refractivity contribution in [3.8, 4) is 0 Å². The maximum atomic E-state index is 8.55. The van der Waals surface area contributed by atoms with Crippen molar-refractivity contribution >= 4 is 26.7 Å². The monoisotopic (exact) mass is 158 g/mol. The minimum Gasteiger partial charge on any atom is -0.822 e. The first kappa shape index (κ1) is 15.7. The number of hydrogen-bond acceptors (Lipinski definition) is 4. The summed E-state index contributed by atoms with van der Waals surface area (Å²) in [4.78, 5) is 25.6. The fourth-order valence-corrected chi connectivity index (χ4v) is 0. The van der Waals surface area contributed by atoms with E-state index < -0.39 is 7.82 Å². The van der Waals surface area contributed by atoms with E-state index in [9.17, 15) is 0 Å². The summed E-state index contributed by atoms with van der Waals surface area (Å²) in [7, 11) is -5.39. The third kappa shape index (κ3) is 131. The van der Waals surface area contributed by atoms with E-state index in [0.717, 1.165) is 0 Å². The van der Waals surface area contributed by atoms with E-state index in [1.54, 1.807) is 0 Å². The van der Waals surface area contributed by atoms with E-state index in [0.29, 0.717) is 0 Å². The summed E-state index contributed by atoms with van der Waals surface area (Å²) in [5, 5.41) is 0. The molecule has 0 spiro atoms. The van der Waals surface area contributed by atoms with Gasteiger partial charge >= 0.3 is 17.1 Å². The van der Waals surface area contributed by atoms with E-state index in [1.165, 1.54) is 0 Å². The van der Waals surface area contributed by atoms with Crippen molar-refractivity contribution in [3.63, 3.8) is 0 Å². The van der Waals surface area contributed by atoms with E-state index in [2.05, 4.69) is 0 Å². The standard InChI is InChI=1S/Fe.Li.H3O4P/c;;1-5(2,3)4/h;;(H3,1,2,3,4)/q+3;;/p-3. The molecule has 2 radical (unpaired) electrons. The van der Waals surface area contributed by atoms with Gasteiger partial charge in [-0.05, 0) is 0 Å². The van der Waals surface area contributed by atoms with Crippen molar-refractivity contribution < 1.29 is 36.3 Å². The van der Waals surface area contributed by atoms with Crippen molar-refractivity contribution in [2.45, 2.75) is 0 Å². The van der Waals surface area contributed by atoms with Gasteiger partial charge in [0.25, 0.3) is 0 Å². The van der Waals surface area contributed by atoms with Gasteiger partial charge in [0, 0.05) is 18.9 Å². The molecular weight excluding hydrogens is 158 g/mol. The molecule has 0 aromatic rings. The van der Waals surface area contributed by atoms with Gasteiger partial charge in [0.05, 0.1) is 0 Å². The first-order chi connectivity index (χ1) is 2.00. The second-order valence-electron chi connectivity index (χ2n) is 0.447. The normalized spacial score (nSPS) is 8.43. The zero-order valence-electron chi connectivity index (χ0n) is 3.43. The molecule has 0 atom stereocenters. The summed E-state index contributed by atoms with van der Waals surface area (Å²) in [6, 6.07) is 0. The van der Waals surface area contributed by atoms with Gasteiger partial charge < -0.3 is 19.2 Å². The van der Waals surface area contributed by atoms with Crippen LogP contribution in [0.1, 0.15) is 0 Å². The van der Waals surface area contributed by atoms with Crippen LogP contribution in [0.3, 0.4) is 0 Å². The Hall–Kier alpha value is 1.23. The zero-order valence-corrected chi connectivity index (χ0v) is 5.43. The van der Waals surface area contributed by atoms with Gasteiger partial charge in [-0.15, -0.1) is 0 Å². The Morgan fingerprint density at radius 3 is 1.14 bits per heavy atom. The second kappa shape index (κ2) is 5.37. The molecule has 0 bridgehead atoms. The Morgan fingerprint density at radius 1 is 1.14 bits per heavy atom. The molecule has 0 aliphatic rings. The zero-order chi connectivity index (χ0) is 4.50. The molecule has 38 valence electrons. The van der Waals surface area contributed by atoms with Gasteiger partial charge in [0.1, 0.15) is 0 Å².